The summed E-state index contributed by atoms with van der Waals surface area (Å²) in [6.45, 7) is 2.74. The molecule has 2 amide bonds. The average molecular weight is 226 g/mol. The summed E-state index contributed by atoms with van der Waals surface area (Å²) in [6.07, 6.45) is 3.58. The predicted octanol–water partition coefficient (Wildman–Crippen LogP) is 0.949. The first-order valence-electron chi connectivity index (χ1n) is 5.83. The van der Waals surface area contributed by atoms with E-state index in [0.29, 0.717) is 25.3 Å². The summed E-state index contributed by atoms with van der Waals surface area (Å²) in [7, 11) is 0. The lowest BCUT2D eigenvalue weighted by atomic mass is 10.1. The fourth-order valence-electron chi connectivity index (χ4n) is 1.86. The molecule has 2 saturated carbocycles. The van der Waals surface area contributed by atoms with Gasteiger partial charge in [0.25, 0.3) is 0 Å². The molecule has 1 unspecified atom stereocenters. The molecule has 0 saturated heterocycles. The van der Waals surface area contributed by atoms with E-state index in [1.807, 2.05) is 0 Å². The third-order valence-electron chi connectivity index (χ3n) is 3.52. The molecule has 5 heteroatoms. The van der Waals surface area contributed by atoms with E-state index in [-0.39, 0.29) is 6.03 Å². The van der Waals surface area contributed by atoms with Crippen molar-refractivity contribution in [2.75, 3.05) is 6.54 Å². The zero-order chi connectivity index (χ0) is 11.8. The molecule has 0 heterocycles. The number of carbonyl (C=O) groups is 2. The highest BCUT2D eigenvalue weighted by atomic mass is 16.4. The standard InChI is InChI=1S/C11H18N2O3/c1-7(8-2-3-8)6-12-10(16)13-11(4-5-11)9(14)15/h7-8H,2-6H2,1H3,(H,14,15)(H2,12,13,16). The Morgan fingerprint density at radius 3 is 2.50 bits per heavy atom. The van der Waals surface area contributed by atoms with E-state index in [4.69, 9.17) is 5.11 Å². The van der Waals surface area contributed by atoms with Crippen molar-refractivity contribution in [3.8, 4) is 0 Å². The predicted molar refractivity (Wildman–Crippen MR) is 58.0 cm³/mol. The largest absolute Gasteiger partial charge is 0.480 e. The minimum Gasteiger partial charge on any atom is -0.480 e. The van der Waals surface area contributed by atoms with Crippen LogP contribution in [0.15, 0.2) is 0 Å². The molecular formula is C11H18N2O3. The van der Waals surface area contributed by atoms with Crippen LogP contribution in [-0.2, 0) is 4.79 Å². The topological polar surface area (TPSA) is 78.4 Å². The molecule has 3 N–H and O–H groups in total. The van der Waals surface area contributed by atoms with Gasteiger partial charge in [0.2, 0.25) is 0 Å². The van der Waals surface area contributed by atoms with Gasteiger partial charge in [-0.25, -0.2) is 9.59 Å². The van der Waals surface area contributed by atoms with E-state index in [2.05, 4.69) is 17.6 Å². The fraction of sp³-hybridized carbons (Fsp3) is 0.818. The normalized spacial score (nSPS) is 23.3. The SMILES string of the molecule is CC(CNC(=O)NC1(C(=O)O)CC1)C1CC1. The zero-order valence-electron chi connectivity index (χ0n) is 9.45. The van der Waals surface area contributed by atoms with Crippen molar-refractivity contribution in [2.45, 2.75) is 38.1 Å². The van der Waals surface area contributed by atoms with Crippen LogP contribution in [0.4, 0.5) is 4.79 Å². The molecule has 0 radical (unpaired) electrons. The first kappa shape index (κ1) is 11.2. The second kappa shape index (κ2) is 3.96. The first-order valence-corrected chi connectivity index (χ1v) is 5.83. The monoisotopic (exact) mass is 226 g/mol. The Balaban J connectivity index is 1.70. The molecule has 1 atom stereocenters. The van der Waals surface area contributed by atoms with Crippen LogP contribution in [0.1, 0.15) is 32.6 Å². The Morgan fingerprint density at radius 1 is 1.44 bits per heavy atom. The second-order valence-corrected chi connectivity index (χ2v) is 5.04. The van der Waals surface area contributed by atoms with Gasteiger partial charge >= 0.3 is 12.0 Å². The number of urea groups is 1. The third kappa shape index (κ3) is 2.46. The van der Waals surface area contributed by atoms with Crippen LogP contribution >= 0.6 is 0 Å². The lowest BCUT2D eigenvalue weighted by Crippen LogP contribution is -2.48. The molecule has 5 nitrogen and oxygen atoms in total. The van der Waals surface area contributed by atoms with Crippen molar-refractivity contribution >= 4 is 12.0 Å². The Bertz CT molecular complexity index is 308. The summed E-state index contributed by atoms with van der Waals surface area (Å²) >= 11 is 0. The molecule has 0 aromatic heterocycles. The number of hydrogen-bond acceptors (Lipinski definition) is 2. The number of aliphatic carboxylic acids is 1. The van der Waals surface area contributed by atoms with Crippen LogP contribution in [0, 0.1) is 11.8 Å². The Hall–Kier alpha value is -1.26. The van der Waals surface area contributed by atoms with Crippen molar-refractivity contribution in [3.63, 3.8) is 0 Å². The first-order chi connectivity index (χ1) is 7.53. The molecule has 16 heavy (non-hydrogen) atoms. The van der Waals surface area contributed by atoms with Gasteiger partial charge in [-0.15, -0.1) is 0 Å². The van der Waals surface area contributed by atoms with Gasteiger partial charge < -0.3 is 15.7 Å². The summed E-state index contributed by atoms with van der Waals surface area (Å²) in [5, 5.41) is 14.2. The van der Waals surface area contributed by atoms with Crippen LogP contribution in [0.5, 0.6) is 0 Å². The lowest BCUT2D eigenvalue weighted by Gasteiger charge is -2.15. The van der Waals surface area contributed by atoms with Gasteiger partial charge in [-0.3, -0.25) is 0 Å². The number of amides is 2. The highest BCUT2D eigenvalue weighted by Gasteiger charge is 2.51. The smallest absolute Gasteiger partial charge is 0.329 e. The van der Waals surface area contributed by atoms with Crippen molar-refractivity contribution < 1.29 is 14.7 Å². The van der Waals surface area contributed by atoms with E-state index < -0.39 is 11.5 Å². The lowest BCUT2D eigenvalue weighted by molar-refractivity contribution is -0.140. The molecule has 90 valence electrons. The van der Waals surface area contributed by atoms with Crippen LogP contribution in [0.3, 0.4) is 0 Å². The van der Waals surface area contributed by atoms with Gasteiger partial charge in [0.15, 0.2) is 0 Å². The second-order valence-electron chi connectivity index (χ2n) is 5.04. The maximum atomic E-state index is 11.5. The van der Waals surface area contributed by atoms with E-state index >= 15 is 0 Å². The summed E-state index contributed by atoms with van der Waals surface area (Å²) in [6, 6.07) is -0.354. The number of hydrogen-bond donors (Lipinski definition) is 3. The van der Waals surface area contributed by atoms with Gasteiger partial charge in [-0.1, -0.05) is 6.92 Å². The molecule has 0 aromatic rings. The molecule has 2 aliphatic carbocycles. The Labute approximate surface area is 94.6 Å². The van der Waals surface area contributed by atoms with Crippen LogP contribution in [-0.4, -0.2) is 29.2 Å². The molecule has 0 bridgehead atoms. The molecule has 0 aromatic carbocycles. The Morgan fingerprint density at radius 2 is 2.06 bits per heavy atom. The quantitative estimate of drug-likeness (QED) is 0.653. The van der Waals surface area contributed by atoms with E-state index in [0.717, 1.165) is 5.92 Å². The summed E-state index contributed by atoms with van der Waals surface area (Å²) < 4.78 is 0. The van der Waals surface area contributed by atoms with Crippen molar-refractivity contribution in [1.82, 2.24) is 10.6 Å². The van der Waals surface area contributed by atoms with E-state index in [9.17, 15) is 9.59 Å². The van der Waals surface area contributed by atoms with Crippen molar-refractivity contribution in [2.24, 2.45) is 11.8 Å². The maximum Gasteiger partial charge on any atom is 0.329 e. The van der Waals surface area contributed by atoms with Gasteiger partial charge in [0, 0.05) is 6.54 Å². The minimum atomic E-state index is -0.979. The average Bonchev–Trinajstić information content (AvgIpc) is 3.06. The third-order valence-corrected chi connectivity index (χ3v) is 3.52. The van der Waals surface area contributed by atoms with Crippen LogP contribution in [0.25, 0.3) is 0 Å². The molecular weight excluding hydrogens is 208 g/mol. The van der Waals surface area contributed by atoms with Gasteiger partial charge in [0.05, 0.1) is 0 Å². The molecule has 2 aliphatic rings. The number of nitrogens with one attached hydrogen (secondary N) is 2. The minimum absolute atomic E-state index is 0.354. The van der Waals surface area contributed by atoms with E-state index in [1.54, 1.807) is 0 Å². The zero-order valence-corrected chi connectivity index (χ0v) is 9.45. The van der Waals surface area contributed by atoms with Gasteiger partial charge in [-0.2, -0.15) is 0 Å². The highest BCUT2D eigenvalue weighted by molar-refractivity contribution is 5.88. The molecule has 0 spiro atoms. The number of carbonyl (C=O) groups excluding carboxylic acids is 1. The highest BCUT2D eigenvalue weighted by Crippen LogP contribution is 2.36. The van der Waals surface area contributed by atoms with Gasteiger partial charge in [-0.05, 0) is 37.5 Å². The fourth-order valence-corrected chi connectivity index (χ4v) is 1.86. The van der Waals surface area contributed by atoms with Crippen molar-refractivity contribution in [1.29, 1.82) is 0 Å². The summed E-state index contributed by atoms with van der Waals surface area (Å²) in [4.78, 5) is 22.3. The Kier molecular flexibility index (Phi) is 2.78. The van der Waals surface area contributed by atoms with Crippen LogP contribution < -0.4 is 10.6 Å². The molecule has 2 fully saturated rings. The van der Waals surface area contributed by atoms with E-state index in [1.165, 1.54) is 12.8 Å². The van der Waals surface area contributed by atoms with Crippen LogP contribution in [0.2, 0.25) is 0 Å². The van der Waals surface area contributed by atoms with Gasteiger partial charge in [0.1, 0.15) is 5.54 Å². The molecule has 2 rings (SSSR count). The maximum absolute atomic E-state index is 11.5. The number of carboxylic acid groups (broad SMARTS) is 1. The van der Waals surface area contributed by atoms with Crippen molar-refractivity contribution in [3.05, 3.63) is 0 Å². The number of rotatable bonds is 5. The molecule has 0 aliphatic heterocycles. The number of carboxylic acids is 1. The summed E-state index contributed by atoms with van der Waals surface area (Å²) in [5.74, 6) is 0.304. The summed E-state index contributed by atoms with van der Waals surface area (Å²) in [5.41, 5.74) is -0.979.